The van der Waals surface area contributed by atoms with Gasteiger partial charge in [0.2, 0.25) is 0 Å². The lowest BCUT2D eigenvalue weighted by Crippen LogP contribution is -2.16. The number of aromatic nitrogens is 2. The van der Waals surface area contributed by atoms with Crippen molar-refractivity contribution in [2.24, 2.45) is 5.92 Å². The summed E-state index contributed by atoms with van der Waals surface area (Å²) in [5, 5.41) is 0. The fourth-order valence-electron chi connectivity index (χ4n) is 3.22. The van der Waals surface area contributed by atoms with Crippen LogP contribution in [0.25, 0.3) is 0 Å². The Bertz CT molecular complexity index is 603. The van der Waals surface area contributed by atoms with Gasteiger partial charge in [0.25, 0.3) is 0 Å². The number of ketones is 1. The van der Waals surface area contributed by atoms with Crippen molar-refractivity contribution in [3.05, 3.63) is 52.5 Å². The van der Waals surface area contributed by atoms with Crippen molar-refractivity contribution >= 4 is 21.7 Å². The molecule has 3 nitrogen and oxygen atoms in total. The van der Waals surface area contributed by atoms with Gasteiger partial charge in [-0.3, -0.25) is 4.79 Å². The molecular formula is C17H19BrN2O. The van der Waals surface area contributed by atoms with Crippen molar-refractivity contribution < 1.29 is 4.79 Å². The number of H-pyrrole nitrogens is 1. The second kappa shape index (κ2) is 6.56. The number of carbonyl (C=O) groups excluding carboxylic acids is 1. The summed E-state index contributed by atoms with van der Waals surface area (Å²) in [5.41, 5.74) is 2.15. The average Bonchev–Trinajstić information content (AvgIpc) is 3.18. The molecule has 1 atom stereocenters. The normalized spacial score (nSPS) is 17.0. The smallest absolute Gasteiger partial charge is 0.136 e. The van der Waals surface area contributed by atoms with Crippen LogP contribution in [0.1, 0.15) is 49.3 Å². The van der Waals surface area contributed by atoms with E-state index in [9.17, 15) is 4.79 Å². The largest absolute Gasteiger partial charge is 0.348 e. The highest BCUT2D eigenvalue weighted by atomic mass is 79.9. The highest BCUT2D eigenvalue weighted by molar-refractivity contribution is 9.10. The van der Waals surface area contributed by atoms with Gasteiger partial charge < -0.3 is 4.98 Å². The Morgan fingerprint density at radius 1 is 1.33 bits per heavy atom. The quantitative estimate of drug-likeness (QED) is 0.868. The van der Waals surface area contributed by atoms with E-state index >= 15 is 0 Å². The van der Waals surface area contributed by atoms with Crippen LogP contribution in [0, 0.1) is 5.92 Å². The fraction of sp³-hybridized carbons (Fsp3) is 0.412. The average molecular weight is 347 g/mol. The van der Waals surface area contributed by atoms with Crippen molar-refractivity contribution in [3.63, 3.8) is 0 Å². The molecule has 1 aromatic heterocycles. The lowest BCUT2D eigenvalue weighted by molar-refractivity contribution is -0.122. The lowest BCUT2D eigenvalue weighted by atomic mass is 9.87. The van der Waals surface area contributed by atoms with Gasteiger partial charge in [-0.15, -0.1) is 0 Å². The highest BCUT2D eigenvalue weighted by Crippen LogP contribution is 2.35. The maximum atomic E-state index is 12.6. The van der Waals surface area contributed by atoms with Crippen molar-refractivity contribution in [2.45, 2.75) is 38.0 Å². The van der Waals surface area contributed by atoms with Crippen LogP contribution in [-0.2, 0) is 4.79 Å². The standard InChI is InChI=1S/C17H19BrN2O/c18-15-8-4-3-7-13(15)14(16-10-19-11-20-16)9-17(21)12-5-1-2-6-12/h3-4,7-8,10-12,14H,1-2,5-6,9H2,(H,19,20). The second-order valence-electron chi connectivity index (χ2n) is 5.73. The third-order valence-electron chi connectivity index (χ3n) is 4.39. The Kier molecular flexibility index (Phi) is 4.54. The molecule has 1 N–H and O–H groups in total. The van der Waals surface area contributed by atoms with E-state index in [1.807, 2.05) is 24.4 Å². The summed E-state index contributed by atoms with van der Waals surface area (Å²) in [6.45, 7) is 0. The molecule has 0 amide bonds. The minimum Gasteiger partial charge on any atom is -0.348 e. The van der Waals surface area contributed by atoms with Gasteiger partial charge in [0.05, 0.1) is 6.33 Å². The molecule has 0 bridgehead atoms. The van der Waals surface area contributed by atoms with Crippen LogP contribution >= 0.6 is 15.9 Å². The van der Waals surface area contributed by atoms with Crippen molar-refractivity contribution in [1.29, 1.82) is 0 Å². The number of rotatable bonds is 5. The molecule has 21 heavy (non-hydrogen) atoms. The van der Waals surface area contributed by atoms with Crippen LogP contribution < -0.4 is 0 Å². The molecule has 1 heterocycles. The SMILES string of the molecule is O=C(CC(c1cnc[nH]1)c1ccccc1Br)C1CCCC1. The first kappa shape index (κ1) is 14.5. The van der Waals surface area contributed by atoms with Crippen LogP contribution in [-0.4, -0.2) is 15.8 Å². The zero-order valence-corrected chi connectivity index (χ0v) is 13.5. The van der Waals surface area contributed by atoms with Crippen LogP contribution in [0.15, 0.2) is 41.3 Å². The zero-order chi connectivity index (χ0) is 14.7. The molecule has 0 spiro atoms. The molecule has 3 rings (SSSR count). The minimum absolute atomic E-state index is 0.0520. The van der Waals surface area contributed by atoms with Crippen LogP contribution in [0.5, 0.6) is 0 Å². The first-order valence-electron chi connectivity index (χ1n) is 7.51. The predicted octanol–water partition coefficient (Wildman–Crippen LogP) is 4.45. The summed E-state index contributed by atoms with van der Waals surface area (Å²) in [6.07, 6.45) is 8.57. The van der Waals surface area contributed by atoms with Crippen molar-refractivity contribution in [1.82, 2.24) is 9.97 Å². The van der Waals surface area contributed by atoms with E-state index in [2.05, 4.69) is 32.0 Å². The molecule has 1 fully saturated rings. The third-order valence-corrected chi connectivity index (χ3v) is 5.11. The van der Waals surface area contributed by atoms with E-state index in [-0.39, 0.29) is 11.8 Å². The molecule has 1 aromatic carbocycles. The Hall–Kier alpha value is -1.42. The molecule has 2 aromatic rings. The van der Waals surface area contributed by atoms with E-state index in [1.54, 1.807) is 6.33 Å². The summed E-state index contributed by atoms with van der Waals surface area (Å²) in [7, 11) is 0. The number of benzene rings is 1. The number of imidazole rings is 1. The molecular weight excluding hydrogens is 328 g/mol. The molecule has 1 aliphatic rings. The van der Waals surface area contributed by atoms with Gasteiger partial charge in [-0.05, 0) is 24.5 Å². The van der Waals surface area contributed by atoms with Gasteiger partial charge in [0.1, 0.15) is 5.78 Å². The summed E-state index contributed by atoms with van der Waals surface area (Å²) in [6, 6.07) is 8.12. The zero-order valence-electron chi connectivity index (χ0n) is 11.9. The molecule has 1 saturated carbocycles. The lowest BCUT2D eigenvalue weighted by Gasteiger charge is -2.18. The third kappa shape index (κ3) is 3.26. The van der Waals surface area contributed by atoms with Gasteiger partial charge >= 0.3 is 0 Å². The van der Waals surface area contributed by atoms with Gasteiger partial charge in [0, 0.05) is 34.6 Å². The summed E-state index contributed by atoms with van der Waals surface area (Å²) >= 11 is 3.61. The number of aromatic amines is 1. The van der Waals surface area contributed by atoms with Crippen LogP contribution in [0.2, 0.25) is 0 Å². The van der Waals surface area contributed by atoms with E-state index in [1.165, 1.54) is 12.8 Å². The van der Waals surface area contributed by atoms with Gasteiger partial charge in [0.15, 0.2) is 0 Å². The maximum Gasteiger partial charge on any atom is 0.136 e. The minimum atomic E-state index is 0.0520. The number of halogens is 1. The van der Waals surface area contributed by atoms with E-state index in [0.29, 0.717) is 12.2 Å². The highest BCUT2D eigenvalue weighted by Gasteiger charge is 2.27. The van der Waals surface area contributed by atoms with E-state index in [0.717, 1.165) is 28.6 Å². The van der Waals surface area contributed by atoms with E-state index in [4.69, 9.17) is 0 Å². The predicted molar refractivity (Wildman–Crippen MR) is 86.2 cm³/mol. The Balaban J connectivity index is 1.87. The summed E-state index contributed by atoms with van der Waals surface area (Å²) in [4.78, 5) is 19.9. The molecule has 0 saturated heterocycles. The second-order valence-corrected chi connectivity index (χ2v) is 6.59. The fourth-order valence-corrected chi connectivity index (χ4v) is 3.78. The topological polar surface area (TPSA) is 45.8 Å². The molecule has 4 heteroatoms. The van der Waals surface area contributed by atoms with E-state index < -0.39 is 0 Å². The summed E-state index contributed by atoms with van der Waals surface area (Å²) < 4.78 is 1.05. The Labute approximate surface area is 133 Å². The van der Waals surface area contributed by atoms with Gasteiger partial charge in [-0.1, -0.05) is 47.0 Å². The van der Waals surface area contributed by atoms with Crippen molar-refractivity contribution in [3.8, 4) is 0 Å². The molecule has 1 unspecified atom stereocenters. The summed E-state index contributed by atoms with van der Waals surface area (Å²) in [5.74, 6) is 0.705. The molecule has 0 radical (unpaired) electrons. The van der Waals surface area contributed by atoms with Crippen LogP contribution in [0.4, 0.5) is 0 Å². The number of hydrogen-bond donors (Lipinski definition) is 1. The van der Waals surface area contributed by atoms with Crippen molar-refractivity contribution in [2.75, 3.05) is 0 Å². The molecule has 110 valence electrons. The first-order chi connectivity index (χ1) is 10.3. The number of nitrogens with one attached hydrogen (secondary N) is 1. The number of Topliss-reactive ketones (excluding diaryl/α,β-unsaturated/α-hetero) is 1. The molecule has 1 aliphatic carbocycles. The number of nitrogens with zero attached hydrogens (tertiary/aromatic N) is 1. The van der Waals surface area contributed by atoms with Gasteiger partial charge in [-0.2, -0.15) is 0 Å². The monoisotopic (exact) mass is 346 g/mol. The Morgan fingerprint density at radius 2 is 2.10 bits per heavy atom. The van der Waals surface area contributed by atoms with Gasteiger partial charge in [-0.25, -0.2) is 4.98 Å². The number of carbonyl (C=O) groups is 1. The van der Waals surface area contributed by atoms with Crippen LogP contribution in [0.3, 0.4) is 0 Å². The Morgan fingerprint density at radius 3 is 2.76 bits per heavy atom. The maximum absolute atomic E-state index is 12.6. The molecule has 0 aliphatic heterocycles. The first-order valence-corrected chi connectivity index (χ1v) is 8.30. The number of hydrogen-bond acceptors (Lipinski definition) is 2.